The van der Waals surface area contributed by atoms with E-state index < -0.39 is 25.2 Å². The van der Waals surface area contributed by atoms with Crippen molar-refractivity contribution in [3.05, 3.63) is 0 Å². The normalized spacial score (nSPS) is 8.17. The third-order valence-electron chi connectivity index (χ3n) is 3.44. The maximum absolute atomic E-state index is 6.32. The molecular formula is C30H24O3Si3. The van der Waals surface area contributed by atoms with Gasteiger partial charge >= 0.3 is 8.56 Å². The van der Waals surface area contributed by atoms with Crippen molar-refractivity contribution in [1.29, 1.82) is 0 Å². The quantitative estimate of drug-likeness (QED) is 0.401. The molecule has 174 valence electrons. The highest BCUT2D eigenvalue weighted by Crippen LogP contribution is 2.25. The Morgan fingerprint density at radius 2 is 0.833 bits per heavy atom. The third-order valence-corrected chi connectivity index (χ3v) is 16.1. The zero-order chi connectivity index (χ0) is 27.2. The Bertz CT molecular complexity index is 1490. The molecular weight excluding hydrogens is 493 g/mol. The lowest BCUT2D eigenvalue weighted by atomic mass is 10.4. The second-order valence-electron chi connectivity index (χ2n) is 8.13. The summed E-state index contributed by atoms with van der Waals surface area (Å²) in [5.41, 5.74) is 0.906. The maximum Gasteiger partial charge on any atom is 0.321 e. The molecule has 0 fully saturated rings. The predicted octanol–water partition coefficient (Wildman–Crippen LogP) is 2.94. The maximum atomic E-state index is 6.32. The van der Waals surface area contributed by atoms with E-state index >= 15 is 0 Å². The molecule has 0 saturated heterocycles. The van der Waals surface area contributed by atoms with Gasteiger partial charge in [-0.05, 0) is 92.3 Å². The molecule has 0 aliphatic rings. The second-order valence-corrected chi connectivity index (χ2v) is 20.8. The lowest BCUT2D eigenvalue weighted by molar-refractivity contribution is 0.310. The molecule has 3 nitrogen and oxygen atoms in total. The molecule has 0 saturated carbocycles. The van der Waals surface area contributed by atoms with E-state index in [0.29, 0.717) is 0 Å². The highest BCUT2D eigenvalue weighted by atomic mass is 28.5. The topological polar surface area (TPSA) is 27.7 Å². The Hall–Kier alpha value is -4.47. The summed E-state index contributed by atoms with van der Waals surface area (Å²) in [4.78, 5) is 0. The van der Waals surface area contributed by atoms with Crippen molar-refractivity contribution >= 4 is 25.2 Å². The zero-order valence-electron chi connectivity index (χ0n) is 21.5. The number of hydrogen-bond donors (Lipinski definition) is 0. The van der Waals surface area contributed by atoms with Crippen molar-refractivity contribution in [2.75, 3.05) is 7.11 Å². The smallest absolute Gasteiger partial charge is 0.321 e. The van der Waals surface area contributed by atoms with E-state index in [9.17, 15) is 0 Å². The van der Waals surface area contributed by atoms with Gasteiger partial charge in [-0.1, -0.05) is 0 Å². The van der Waals surface area contributed by atoms with Crippen LogP contribution in [0.4, 0.5) is 0 Å². The predicted molar refractivity (Wildman–Crippen MR) is 153 cm³/mol. The van der Waals surface area contributed by atoms with Crippen LogP contribution in [0.5, 0.6) is 0 Å². The Balaban J connectivity index is 4.65. The summed E-state index contributed by atoms with van der Waals surface area (Å²) in [6.07, 6.45) is 7.63. The molecule has 6 heteroatoms. The summed E-state index contributed by atoms with van der Waals surface area (Å²) in [6, 6.07) is 0. The largest absolute Gasteiger partial charge is 0.500 e. The molecule has 0 aromatic carbocycles. The van der Waals surface area contributed by atoms with Gasteiger partial charge in [0, 0.05) is 78.2 Å². The fraction of sp³-hybridized carbons (Fsp3) is 0.267. The fourth-order valence-corrected chi connectivity index (χ4v) is 18.0. The van der Waals surface area contributed by atoms with Crippen LogP contribution in [-0.2, 0) is 13.0 Å². The number of hydrogen-bond acceptors (Lipinski definition) is 3. The molecule has 0 atom stereocenters. The van der Waals surface area contributed by atoms with Crippen LogP contribution in [0.3, 0.4) is 0 Å². The average molecular weight is 517 g/mol. The molecule has 0 bridgehead atoms. The average Bonchev–Trinajstić information content (AvgIpc) is 2.78. The SMILES string of the molecule is C#CC#CC#CC#CC#CC#CC#CC#CC#CC#CC#CO[Si](C)(C)C[Si](C)(C)O[Si](C)(C)OC. The van der Waals surface area contributed by atoms with E-state index in [1.54, 1.807) is 7.11 Å². The van der Waals surface area contributed by atoms with E-state index in [2.05, 4.69) is 151 Å². The molecule has 0 heterocycles. The minimum atomic E-state index is -2.09. The Morgan fingerprint density at radius 3 is 1.17 bits per heavy atom. The van der Waals surface area contributed by atoms with Crippen molar-refractivity contribution in [3.8, 4) is 131 Å². The van der Waals surface area contributed by atoms with Crippen molar-refractivity contribution in [1.82, 2.24) is 0 Å². The van der Waals surface area contributed by atoms with Crippen molar-refractivity contribution in [2.24, 2.45) is 0 Å². The van der Waals surface area contributed by atoms with Crippen molar-refractivity contribution in [2.45, 2.75) is 44.9 Å². The van der Waals surface area contributed by atoms with Crippen LogP contribution in [0.15, 0.2) is 0 Å². The van der Waals surface area contributed by atoms with Crippen LogP contribution in [0.25, 0.3) is 0 Å². The van der Waals surface area contributed by atoms with Gasteiger partial charge in [-0.2, -0.15) is 0 Å². The molecule has 0 aromatic rings. The van der Waals surface area contributed by atoms with Gasteiger partial charge in [-0.15, -0.1) is 6.42 Å². The van der Waals surface area contributed by atoms with Gasteiger partial charge in [0.15, 0.2) is 8.32 Å². The van der Waals surface area contributed by atoms with Gasteiger partial charge in [-0.3, -0.25) is 0 Å². The van der Waals surface area contributed by atoms with E-state index in [0.717, 1.165) is 5.67 Å². The van der Waals surface area contributed by atoms with Crippen molar-refractivity contribution in [3.63, 3.8) is 0 Å². The van der Waals surface area contributed by atoms with Crippen LogP contribution >= 0.6 is 0 Å². The van der Waals surface area contributed by atoms with E-state index in [4.69, 9.17) is 19.4 Å². The van der Waals surface area contributed by atoms with Crippen LogP contribution in [0, 0.1) is 131 Å². The molecule has 0 aromatic heterocycles. The number of rotatable bonds is 6. The minimum Gasteiger partial charge on any atom is -0.500 e. The third kappa shape index (κ3) is 20.2. The minimum absolute atomic E-state index is 0.906. The molecule has 0 unspecified atom stereocenters. The van der Waals surface area contributed by atoms with Gasteiger partial charge < -0.3 is 13.0 Å². The van der Waals surface area contributed by atoms with E-state index in [1.165, 1.54) is 0 Å². The Kier molecular flexibility index (Phi) is 15.7. The lowest BCUT2D eigenvalue weighted by Gasteiger charge is -2.35. The van der Waals surface area contributed by atoms with Gasteiger partial charge in [0.2, 0.25) is 0 Å². The lowest BCUT2D eigenvalue weighted by Crippen LogP contribution is -2.50. The first-order chi connectivity index (χ1) is 17.0. The summed E-state index contributed by atoms with van der Waals surface area (Å²) in [6.45, 7) is 12.7. The first kappa shape index (κ1) is 31.5. The monoisotopic (exact) mass is 516 g/mol. The van der Waals surface area contributed by atoms with Crippen LogP contribution in [-0.4, -0.2) is 32.3 Å². The second kappa shape index (κ2) is 17.9. The zero-order valence-corrected chi connectivity index (χ0v) is 24.5. The van der Waals surface area contributed by atoms with Gasteiger partial charge in [0.1, 0.15) is 6.11 Å². The molecule has 0 aliphatic carbocycles. The highest BCUT2D eigenvalue weighted by molar-refractivity contribution is 6.93. The molecule has 0 spiro atoms. The molecule has 0 radical (unpaired) electrons. The van der Waals surface area contributed by atoms with Gasteiger partial charge in [-0.25, -0.2) is 0 Å². The summed E-state index contributed by atoms with van der Waals surface area (Å²) < 4.78 is 17.7. The van der Waals surface area contributed by atoms with Crippen LogP contribution in [0.1, 0.15) is 0 Å². The molecule has 0 rings (SSSR count). The van der Waals surface area contributed by atoms with Gasteiger partial charge in [0.25, 0.3) is 8.32 Å². The Morgan fingerprint density at radius 1 is 0.500 bits per heavy atom. The molecule has 36 heavy (non-hydrogen) atoms. The summed E-state index contributed by atoms with van der Waals surface area (Å²) >= 11 is 0. The summed E-state index contributed by atoms with van der Waals surface area (Å²) in [5.74, 6) is 50.0. The highest BCUT2D eigenvalue weighted by Gasteiger charge is 2.40. The summed E-state index contributed by atoms with van der Waals surface area (Å²) in [7, 11) is -4.33. The van der Waals surface area contributed by atoms with Gasteiger partial charge in [0.05, 0.1) is 0 Å². The van der Waals surface area contributed by atoms with Crippen LogP contribution in [0.2, 0.25) is 44.9 Å². The fourth-order valence-electron chi connectivity index (χ4n) is 2.56. The first-order valence-corrected chi connectivity index (χ1v) is 19.5. The first-order valence-electron chi connectivity index (χ1n) is 10.4. The van der Waals surface area contributed by atoms with E-state index in [-0.39, 0.29) is 0 Å². The summed E-state index contributed by atoms with van der Waals surface area (Å²) in [5, 5.41) is 0. The number of terminal acetylenes is 1. The Labute approximate surface area is 220 Å². The van der Waals surface area contributed by atoms with E-state index in [1.807, 2.05) is 13.1 Å². The molecule has 0 aliphatic heterocycles. The standard InChI is InChI=1S/C30H24O3Si3/c1-9-10-11-12-13-14-15-16-17-18-19-20-21-22-23-24-25-26-27-28-29-32-34(3,4)30-35(5,6)33-36(7,8)31-2/h1H,30H2,2-8H3. The molecule has 0 N–H and O–H groups in total. The molecule has 0 amide bonds. The van der Waals surface area contributed by atoms with Crippen molar-refractivity contribution < 1.29 is 13.0 Å². The van der Waals surface area contributed by atoms with Crippen LogP contribution < -0.4 is 0 Å².